The first-order valence-corrected chi connectivity index (χ1v) is 7.04. The van der Waals surface area contributed by atoms with Crippen molar-refractivity contribution in [1.29, 1.82) is 0 Å². The molecule has 0 radical (unpaired) electrons. The Hall–Kier alpha value is -1.34. The van der Waals surface area contributed by atoms with Crippen molar-refractivity contribution in [2.75, 3.05) is 46.1 Å². The van der Waals surface area contributed by atoms with Gasteiger partial charge in [0.05, 0.1) is 32.8 Å². The number of hydrogen-bond acceptors (Lipinski definition) is 6. The Morgan fingerprint density at radius 1 is 1.14 bits per heavy atom. The smallest absolute Gasteiger partial charge is 0.308 e. The average Bonchev–Trinajstić information content (AvgIpc) is 2.38. The van der Waals surface area contributed by atoms with Crippen molar-refractivity contribution in [3.8, 4) is 0 Å². The number of esters is 1. The molecule has 0 atom stereocenters. The highest BCUT2D eigenvalue weighted by atomic mass is 16.6. The molecule has 21 heavy (non-hydrogen) atoms. The second kappa shape index (κ2) is 12.4. The van der Waals surface area contributed by atoms with E-state index < -0.39 is 5.60 Å². The molecule has 0 aliphatic carbocycles. The monoisotopic (exact) mass is 302 g/mol. The summed E-state index contributed by atoms with van der Waals surface area (Å²) in [6.07, 6.45) is 0.264. The largest absolute Gasteiger partial charge is 0.460 e. The van der Waals surface area contributed by atoms with E-state index in [1.807, 2.05) is 20.8 Å². The van der Waals surface area contributed by atoms with Crippen molar-refractivity contribution in [3.63, 3.8) is 0 Å². The van der Waals surface area contributed by atoms with Gasteiger partial charge in [0.15, 0.2) is 0 Å². The van der Waals surface area contributed by atoms with Gasteiger partial charge in [0.2, 0.25) is 0 Å². The van der Waals surface area contributed by atoms with Crippen LogP contribution in [0.5, 0.6) is 0 Å². The number of carbonyl (C=O) groups is 1. The molecule has 1 N–H and O–H groups in total. The molecule has 122 valence electrons. The van der Waals surface area contributed by atoms with Gasteiger partial charge in [-0.3, -0.25) is 4.79 Å². The summed E-state index contributed by atoms with van der Waals surface area (Å²) in [5, 5.41) is 6.49. The Morgan fingerprint density at radius 3 is 2.33 bits per heavy atom. The number of rotatable bonds is 12. The molecule has 0 saturated heterocycles. The summed E-state index contributed by atoms with van der Waals surface area (Å²) in [7, 11) is 0. The van der Waals surface area contributed by atoms with Crippen LogP contribution in [0.15, 0.2) is 5.11 Å². The van der Waals surface area contributed by atoms with Crippen LogP contribution < -0.4 is 5.32 Å². The Bertz CT molecular complexity index is 325. The van der Waals surface area contributed by atoms with Crippen molar-refractivity contribution in [3.05, 3.63) is 10.4 Å². The van der Waals surface area contributed by atoms with Crippen molar-refractivity contribution in [2.45, 2.75) is 32.8 Å². The lowest BCUT2D eigenvalue weighted by atomic mass is 10.2. The quantitative estimate of drug-likeness (QED) is 0.194. The molecule has 0 spiro atoms. The summed E-state index contributed by atoms with van der Waals surface area (Å²) < 4.78 is 15.7. The fraction of sp³-hybridized carbons (Fsp3) is 0.923. The molecular formula is C13H26N4O4. The Labute approximate surface area is 125 Å². The number of nitrogens with zero attached hydrogens (tertiary/aromatic N) is 3. The van der Waals surface area contributed by atoms with E-state index in [9.17, 15) is 4.79 Å². The first kappa shape index (κ1) is 19.7. The standard InChI is InChI=1S/C13H26N4O4/c1-13(2,3)21-12(18)4-8-19-9-5-15-6-10-20-11-7-16-17-14/h15H,4-11H2,1-3H3. The van der Waals surface area contributed by atoms with Gasteiger partial charge in [-0.05, 0) is 26.3 Å². The highest BCUT2D eigenvalue weighted by Gasteiger charge is 2.15. The first-order chi connectivity index (χ1) is 9.95. The van der Waals surface area contributed by atoms with E-state index in [1.165, 1.54) is 0 Å². The van der Waals surface area contributed by atoms with Gasteiger partial charge in [0.1, 0.15) is 5.60 Å². The van der Waals surface area contributed by atoms with Crippen molar-refractivity contribution < 1.29 is 19.0 Å². The van der Waals surface area contributed by atoms with E-state index in [0.717, 1.165) is 0 Å². The van der Waals surface area contributed by atoms with Gasteiger partial charge in [0, 0.05) is 24.5 Å². The van der Waals surface area contributed by atoms with Gasteiger partial charge in [-0.25, -0.2) is 0 Å². The zero-order valence-electron chi connectivity index (χ0n) is 13.1. The summed E-state index contributed by atoms with van der Waals surface area (Å²) >= 11 is 0. The molecule has 0 amide bonds. The Kier molecular flexibility index (Phi) is 11.6. The van der Waals surface area contributed by atoms with Gasteiger partial charge in [-0.15, -0.1) is 0 Å². The zero-order valence-corrected chi connectivity index (χ0v) is 13.1. The van der Waals surface area contributed by atoms with Gasteiger partial charge in [0.25, 0.3) is 0 Å². The number of carbonyl (C=O) groups excluding carboxylic acids is 1. The fourth-order valence-electron chi connectivity index (χ4n) is 1.32. The van der Waals surface area contributed by atoms with Gasteiger partial charge >= 0.3 is 5.97 Å². The van der Waals surface area contributed by atoms with E-state index >= 15 is 0 Å². The van der Waals surface area contributed by atoms with Gasteiger partial charge in [-0.1, -0.05) is 5.11 Å². The lowest BCUT2D eigenvalue weighted by Gasteiger charge is -2.19. The minimum atomic E-state index is -0.447. The molecule has 0 unspecified atom stereocenters. The summed E-state index contributed by atoms with van der Waals surface area (Å²) in [4.78, 5) is 14.0. The maximum absolute atomic E-state index is 11.4. The van der Waals surface area contributed by atoms with Crippen LogP contribution in [0.25, 0.3) is 10.4 Å². The van der Waals surface area contributed by atoms with Crippen LogP contribution in [-0.4, -0.2) is 57.6 Å². The molecule has 8 heteroatoms. The molecule has 0 rings (SSSR count). The minimum Gasteiger partial charge on any atom is -0.460 e. The molecule has 0 saturated carbocycles. The lowest BCUT2D eigenvalue weighted by Crippen LogP contribution is -2.26. The van der Waals surface area contributed by atoms with E-state index in [2.05, 4.69) is 15.3 Å². The van der Waals surface area contributed by atoms with Crippen LogP contribution in [0.2, 0.25) is 0 Å². The number of nitrogens with one attached hydrogen (secondary N) is 1. The fourth-order valence-corrected chi connectivity index (χ4v) is 1.32. The van der Waals surface area contributed by atoms with Crippen molar-refractivity contribution >= 4 is 5.97 Å². The molecule has 0 aromatic rings. The van der Waals surface area contributed by atoms with E-state index in [1.54, 1.807) is 0 Å². The van der Waals surface area contributed by atoms with Crippen molar-refractivity contribution in [1.82, 2.24) is 5.32 Å². The molecule has 0 aliphatic heterocycles. The van der Waals surface area contributed by atoms with Gasteiger partial charge in [-0.2, -0.15) is 0 Å². The molecule has 0 bridgehead atoms. The molecule has 0 aromatic heterocycles. The topological polar surface area (TPSA) is 106 Å². The third kappa shape index (κ3) is 16.6. The SMILES string of the molecule is CC(C)(C)OC(=O)CCOCCNCCOCCN=[N+]=[N-]. The number of hydrogen-bond donors (Lipinski definition) is 1. The van der Waals surface area contributed by atoms with Crippen LogP contribution in [0.1, 0.15) is 27.2 Å². The van der Waals surface area contributed by atoms with Crippen LogP contribution in [-0.2, 0) is 19.0 Å². The Balaban J connectivity index is 3.22. The first-order valence-electron chi connectivity index (χ1n) is 7.04. The number of azide groups is 1. The molecule has 0 fully saturated rings. The summed E-state index contributed by atoms with van der Waals surface area (Å²) in [5.41, 5.74) is 7.60. The van der Waals surface area contributed by atoms with Crippen molar-refractivity contribution in [2.24, 2.45) is 5.11 Å². The Morgan fingerprint density at radius 2 is 1.76 bits per heavy atom. The van der Waals surface area contributed by atoms with Crippen LogP contribution >= 0.6 is 0 Å². The second-order valence-corrected chi connectivity index (χ2v) is 5.27. The van der Waals surface area contributed by atoms with Crippen LogP contribution in [0, 0.1) is 0 Å². The zero-order chi connectivity index (χ0) is 16.0. The lowest BCUT2D eigenvalue weighted by molar-refractivity contribution is -0.156. The number of ether oxygens (including phenoxy) is 3. The summed E-state index contributed by atoms with van der Waals surface area (Å²) in [6.45, 7) is 9.13. The highest BCUT2D eigenvalue weighted by molar-refractivity contribution is 5.69. The van der Waals surface area contributed by atoms with E-state index in [-0.39, 0.29) is 12.4 Å². The van der Waals surface area contributed by atoms with Crippen LogP contribution in [0.3, 0.4) is 0 Å². The third-order valence-corrected chi connectivity index (χ3v) is 2.12. The highest BCUT2D eigenvalue weighted by Crippen LogP contribution is 2.07. The average molecular weight is 302 g/mol. The summed E-state index contributed by atoms with van der Waals surface area (Å²) in [6, 6.07) is 0. The van der Waals surface area contributed by atoms with E-state index in [0.29, 0.717) is 46.1 Å². The third-order valence-electron chi connectivity index (χ3n) is 2.12. The van der Waals surface area contributed by atoms with Gasteiger partial charge < -0.3 is 19.5 Å². The molecular weight excluding hydrogens is 276 g/mol. The maximum atomic E-state index is 11.4. The second-order valence-electron chi connectivity index (χ2n) is 5.27. The molecule has 8 nitrogen and oxygen atoms in total. The predicted octanol–water partition coefficient (Wildman–Crippen LogP) is 1.65. The maximum Gasteiger partial charge on any atom is 0.308 e. The molecule has 0 heterocycles. The predicted molar refractivity (Wildman–Crippen MR) is 79.0 cm³/mol. The van der Waals surface area contributed by atoms with E-state index in [4.69, 9.17) is 19.7 Å². The van der Waals surface area contributed by atoms with Crippen LogP contribution in [0.4, 0.5) is 0 Å². The normalized spacial score (nSPS) is 11.0. The minimum absolute atomic E-state index is 0.246. The molecule has 0 aliphatic rings. The molecule has 0 aromatic carbocycles. The summed E-state index contributed by atoms with van der Waals surface area (Å²) in [5.74, 6) is -0.246.